The van der Waals surface area contributed by atoms with Gasteiger partial charge in [-0.2, -0.15) is 0 Å². The molecule has 2 bridgehead atoms. The van der Waals surface area contributed by atoms with Crippen molar-refractivity contribution in [3.05, 3.63) is 71.4 Å². The van der Waals surface area contributed by atoms with E-state index in [9.17, 15) is 13.2 Å². The van der Waals surface area contributed by atoms with E-state index in [2.05, 4.69) is 27.9 Å². The van der Waals surface area contributed by atoms with Gasteiger partial charge in [0.2, 0.25) is 0 Å². The van der Waals surface area contributed by atoms with E-state index in [4.69, 9.17) is 0 Å². The normalized spacial score (nSPS) is 25.8. The Morgan fingerprint density at radius 1 is 0.969 bits per heavy atom. The molecule has 6 rings (SSSR count). The molecule has 0 saturated heterocycles. The van der Waals surface area contributed by atoms with Gasteiger partial charge in [0.05, 0.1) is 16.6 Å². The number of pyridine rings is 1. The number of hydrogen-bond donors (Lipinski definition) is 1. The first kappa shape index (κ1) is 19.8. The van der Waals surface area contributed by atoms with E-state index in [1.54, 1.807) is 12.1 Å². The highest BCUT2D eigenvalue weighted by Gasteiger charge is 2.46. The van der Waals surface area contributed by atoms with E-state index in [1.807, 2.05) is 6.20 Å². The Morgan fingerprint density at radius 2 is 1.81 bits per heavy atom. The molecule has 2 saturated carbocycles. The Morgan fingerprint density at radius 3 is 2.62 bits per heavy atom. The zero-order chi connectivity index (χ0) is 22.0. The minimum absolute atomic E-state index is 0.187. The topological polar surface area (TPSA) is 41.6 Å². The van der Waals surface area contributed by atoms with Crippen molar-refractivity contribution in [3.8, 4) is 0 Å². The predicted molar refractivity (Wildman–Crippen MR) is 118 cm³/mol. The monoisotopic (exact) mass is 435 g/mol. The molecule has 6 heteroatoms. The highest BCUT2D eigenvalue weighted by atomic mass is 19.2. The maximum absolute atomic E-state index is 13.9. The minimum Gasteiger partial charge on any atom is -0.342 e. The number of halogens is 3. The van der Waals surface area contributed by atoms with Crippen LogP contribution in [-0.4, -0.2) is 15.0 Å². The number of aromatic nitrogens is 3. The quantitative estimate of drug-likeness (QED) is 0.381. The summed E-state index contributed by atoms with van der Waals surface area (Å²) >= 11 is 0. The third-order valence-electron chi connectivity index (χ3n) is 7.81. The lowest BCUT2D eigenvalue weighted by Crippen LogP contribution is -2.19. The summed E-state index contributed by atoms with van der Waals surface area (Å²) < 4.78 is 41.0. The second kappa shape index (κ2) is 7.32. The molecule has 1 N–H and O–H groups in total. The lowest BCUT2D eigenvalue weighted by atomic mass is 9.75. The van der Waals surface area contributed by atoms with Gasteiger partial charge in [-0.1, -0.05) is 6.92 Å². The second-order valence-corrected chi connectivity index (χ2v) is 9.70. The first-order valence-electron chi connectivity index (χ1n) is 11.3. The van der Waals surface area contributed by atoms with E-state index in [0.717, 1.165) is 42.1 Å². The van der Waals surface area contributed by atoms with Gasteiger partial charge in [-0.25, -0.2) is 18.2 Å². The van der Waals surface area contributed by atoms with Crippen molar-refractivity contribution < 1.29 is 13.2 Å². The summed E-state index contributed by atoms with van der Waals surface area (Å²) in [6, 6.07) is 9.25. The van der Waals surface area contributed by atoms with Crippen molar-refractivity contribution in [2.24, 2.45) is 17.8 Å². The Balaban J connectivity index is 1.19. The molecule has 4 unspecified atom stereocenters. The summed E-state index contributed by atoms with van der Waals surface area (Å²) in [5.74, 6) is 1.34. The standard InChI is InChI=1S/C26H24F3N3/c1-13(26-31-24-11-21(28)22(29)12-25(24)32-26)6-14-7-16-8-15(14)9-19(16)18-4-5-30-23-3-2-17(27)10-20(18)23/h2-5,10-16,19H,6-9H2,1H3,(H,31,32)/t13-,14?,15?,16?,19?/m1/s1. The van der Waals surface area contributed by atoms with E-state index >= 15 is 0 Å². The maximum atomic E-state index is 13.9. The van der Waals surface area contributed by atoms with E-state index in [0.29, 0.717) is 34.7 Å². The number of H-pyrrole nitrogens is 1. The molecule has 2 aromatic heterocycles. The fourth-order valence-electron chi connectivity index (χ4n) is 6.35. The van der Waals surface area contributed by atoms with Crippen molar-refractivity contribution in [1.29, 1.82) is 0 Å². The molecule has 0 spiro atoms. The highest BCUT2D eigenvalue weighted by molar-refractivity contribution is 5.82. The molecule has 3 nitrogen and oxygen atoms in total. The van der Waals surface area contributed by atoms with Gasteiger partial charge in [0, 0.05) is 29.6 Å². The molecule has 0 amide bonds. The lowest BCUT2D eigenvalue weighted by molar-refractivity contribution is 0.276. The molecular formula is C26H24F3N3. The van der Waals surface area contributed by atoms with Gasteiger partial charge in [-0.15, -0.1) is 0 Å². The van der Waals surface area contributed by atoms with Crippen LogP contribution in [0.5, 0.6) is 0 Å². The van der Waals surface area contributed by atoms with Crippen LogP contribution in [0.15, 0.2) is 42.6 Å². The number of aromatic amines is 1. The number of nitrogens with zero attached hydrogens (tertiary/aromatic N) is 2. The van der Waals surface area contributed by atoms with Crippen molar-refractivity contribution in [2.75, 3.05) is 0 Å². The molecule has 32 heavy (non-hydrogen) atoms. The largest absolute Gasteiger partial charge is 0.342 e. The minimum atomic E-state index is -0.870. The zero-order valence-electron chi connectivity index (χ0n) is 17.8. The van der Waals surface area contributed by atoms with Crippen LogP contribution in [0.3, 0.4) is 0 Å². The van der Waals surface area contributed by atoms with Gasteiger partial charge < -0.3 is 4.98 Å². The van der Waals surface area contributed by atoms with Crippen molar-refractivity contribution in [3.63, 3.8) is 0 Å². The van der Waals surface area contributed by atoms with Crippen LogP contribution >= 0.6 is 0 Å². The van der Waals surface area contributed by atoms with Gasteiger partial charge in [-0.3, -0.25) is 4.98 Å². The molecule has 0 radical (unpaired) electrons. The Labute approximate surface area is 184 Å². The van der Waals surface area contributed by atoms with Crippen molar-refractivity contribution in [2.45, 2.75) is 44.4 Å². The van der Waals surface area contributed by atoms with Crippen LogP contribution in [-0.2, 0) is 0 Å². The van der Waals surface area contributed by atoms with Gasteiger partial charge in [0.15, 0.2) is 11.6 Å². The molecule has 2 aliphatic carbocycles. The summed E-state index contributed by atoms with van der Waals surface area (Å²) in [5, 5.41) is 0.941. The van der Waals surface area contributed by atoms with Gasteiger partial charge in [0.1, 0.15) is 11.6 Å². The number of rotatable bonds is 4. The third-order valence-corrected chi connectivity index (χ3v) is 7.81. The number of imidazole rings is 1. The molecule has 4 aromatic rings. The molecule has 0 aliphatic heterocycles. The first-order valence-corrected chi connectivity index (χ1v) is 11.3. The molecule has 2 aromatic carbocycles. The predicted octanol–water partition coefficient (Wildman–Crippen LogP) is 6.85. The number of fused-ring (bicyclic) bond motifs is 4. The zero-order valence-corrected chi connectivity index (χ0v) is 17.8. The number of benzene rings is 2. The van der Waals surface area contributed by atoms with Gasteiger partial charge in [0.25, 0.3) is 0 Å². The Bertz CT molecular complexity index is 1290. The summed E-state index contributed by atoms with van der Waals surface area (Å²) in [6.07, 6.45) is 6.33. The molecular weight excluding hydrogens is 411 g/mol. The molecule has 2 fully saturated rings. The molecule has 2 aliphatic rings. The molecule has 164 valence electrons. The third kappa shape index (κ3) is 3.19. The SMILES string of the molecule is C[C@H](CC1CC2CC1CC2c1ccnc2ccc(F)cc12)c1nc2cc(F)c(F)cc2[nH]1. The number of nitrogens with one attached hydrogen (secondary N) is 1. The van der Waals surface area contributed by atoms with Crippen LogP contribution in [0.4, 0.5) is 13.2 Å². The van der Waals surface area contributed by atoms with Crippen molar-refractivity contribution >= 4 is 21.9 Å². The lowest BCUT2D eigenvalue weighted by Gasteiger charge is -2.30. The second-order valence-electron chi connectivity index (χ2n) is 9.70. The summed E-state index contributed by atoms with van der Waals surface area (Å²) in [4.78, 5) is 12.1. The average Bonchev–Trinajstić information content (AvgIpc) is 3.47. The van der Waals surface area contributed by atoms with Crippen LogP contribution in [0, 0.1) is 35.2 Å². The smallest absolute Gasteiger partial charge is 0.161 e. The Hall–Kier alpha value is -2.89. The highest BCUT2D eigenvalue weighted by Crippen LogP contribution is 2.58. The fraction of sp³-hybridized carbons (Fsp3) is 0.385. The Kier molecular flexibility index (Phi) is 4.52. The van der Waals surface area contributed by atoms with Crippen LogP contribution in [0.1, 0.15) is 55.8 Å². The summed E-state index contributed by atoms with van der Waals surface area (Å²) in [7, 11) is 0. The first-order chi connectivity index (χ1) is 15.5. The van der Waals surface area contributed by atoms with Crippen LogP contribution in [0.25, 0.3) is 21.9 Å². The van der Waals surface area contributed by atoms with E-state index < -0.39 is 11.6 Å². The average molecular weight is 435 g/mol. The van der Waals surface area contributed by atoms with Crippen molar-refractivity contribution in [1.82, 2.24) is 15.0 Å². The van der Waals surface area contributed by atoms with Gasteiger partial charge in [-0.05, 0) is 79.2 Å². The molecule has 5 atom stereocenters. The van der Waals surface area contributed by atoms with Crippen LogP contribution < -0.4 is 0 Å². The fourth-order valence-corrected chi connectivity index (χ4v) is 6.35. The summed E-state index contributed by atoms with van der Waals surface area (Å²) in [5.41, 5.74) is 3.09. The summed E-state index contributed by atoms with van der Waals surface area (Å²) in [6.45, 7) is 2.13. The van der Waals surface area contributed by atoms with Crippen LogP contribution in [0.2, 0.25) is 0 Å². The van der Waals surface area contributed by atoms with E-state index in [1.165, 1.54) is 24.1 Å². The number of hydrogen-bond acceptors (Lipinski definition) is 2. The molecule has 2 heterocycles. The van der Waals surface area contributed by atoms with Gasteiger partial charge >= 0.3 is 0 Å². The maximum Gasteiger partial charge on any atom is 0.161 e. The van der Waals surface area contributed by atoms with E-state index in [-0.39, 0.29) is 11.7 Å².